The molecule has 1 aliphatic rings. The first-order valence-electron chi connectivity index (χ1n) is 5.61. The van der Waals surface area contributed by atoms with Crippen LogP contribution in [0.3, 0.4) is 0 Å². The van der Waals surface area contributed by atoms with Crippen LogP contribution in [0.1, 0.15) is 37.0 Å². The van der Waals surface area contributed by atoms with E-state index in [0.717, 1.165) is 12.3 Å². The van der Waals surface area contributed by atoms with Gasteiger partial charge >= 0.3 is 0 Å². The Morgan fingerprint density at radius 3 is 2.50 bits per heavy atom. The lowest BCUT2D eigenvalue weighted by Gasteiger charge is -2.17. The van der Waals surface area contributed by atoms with Crippen LogP contribution >= 0.6 is 0 Å². The van der Waals surface area contributed by atoms with Crippen molar-refractivity contribution < 1.29 is 4.42 Å². The molecule has 0 saturated carbocycles. The molecule has 0 aromatic carbocycles. The Labute approximate surface area is 85.9 Å². The van der Waals surface area contributed by atoms with E-state index in [4.69, 9.17) is 4.42 Å². The van der Waals surface area contributed by atoms with Crippen molar-refractivity contribution in [3.05, 3.63) is 23.7 Å². The van der Waals surface area contributed by atoms with E-state index in [-0.39, 0.29) is 0 Å². The van der Waals surface area contributed by atoms with Gasteiger partial charge in [0.25, 0.3) is 0 Å². The predicted molar refractivity (Wildman–Crippen MR) is 57.2 cm³/mol. The summed E-state index contributed by atoms with van der Waals surface area (Å²) in [6.45, 7) is 5.54. The normalized spacial score (nSPS) is 19.5. The van der Waals surface area contributed by atoms with Gasteiger partial charge in [0.2, 0.25) is 0 Å². The number of aryl methyl sites for hydroxylation is 1. The Kier molecular flexibility index (Phi) is 3.25. The molecule has 0 aliphatic carbocycles. The van der Waals surface area contributed by atoms with Crippen molar-refractivity contribution in [2.24, 2.45) is 0 Å². The van der Waals surface area contributed by atoms with Crippen LogP contribution in [0.5, 0.6) is 0 Å². The molecule has 1 fully saturated rings. The van der Waals surface area contributed by atoms with Gasteiger partial charge in [-0.3, -0.25) is 4.90 Å². The molecule has 0 spiro atoms. The summed E-state index contributed by atoms with van der Waals surface area (Å²) in [7, 11) is 0. The lowest BCUT2D eigenvalue weighted by Crippen LogP contribution is -2.23. The predicted octanol–water partition coefficient (Wildman–Crippen LogP) is 2.96. The first-order chi connectivity index (χ1) is 6.84. The molecule has 1 saturated heterocycles. The molecular weight excluding hydrogens is 174 g/mol. The van der Waals surface area contributed by atoms with E-state index in [1.165, 1.54) is 44.3 Å². The lowest BCUT2D eigenvalue weighted by atomic mass is 10.2. The van der Waals surface area contributed by atoms with E-state index >= 15 is 0 Å². The van der Waals surface area contributed by atoms with Crippen molar-refractivity contribution in [3.63, 3.8) is 0 Å². The zero-order valence-electron chi connectivity index (χ0n) is 8.96. The van der Waals surface area contributed by atoms with Gasteiger partial charge in [0, 0.05) is 0 Å². The Morgan fingerprint density at radius 2 is 1.93 bits per heavy atom. The molecule has 2 nitrogen and oxygen atoms in total. The van der Waals surface area contributed by atoms with Gasteiger partial charge < -0.3 is 4.42 Å². The zero-order chi connectivity index (χ0) is 9.80. The molecule has 0 bridgehead atoms. The van der Waals surface area contributed by atoms with Crippen molar-refractivity contribution in [1.82, 2.24) is 4.90 Å². The van der Waals surface area contributed by atoms with Crippen LogP contribution in [0.2, 0.25) is 0 Å². The summed E-state index contributed by atoms with van der Waals surface area (Å²) < 4.78 is 5.47. The van der Waals surface area contributed by atoms with Crippen molar-refractivity contribution >= 4 is 0 Å². The molecule has 1 aromatic heterocycles. The molecule has 0 atom stereocenters. The van der Waals surface area contributed by atoms with Gasteiger partial charge in [-0.15, -0.1) is 0 Å². The smallest absolute Gasteiger partial charge is 0.118 e. The van der Waals surface area contributed by atoms with Crippen molar-refractivity contribution in [3.8, 4) is 0 Å². The highest BCUT2D eigenvalue weighted by atomic mass is 16.3. The molecule has 78 valence electrons. The second-order valence-corrected chi connectivity index (χ2v) is 4.28. The third-order valence-corrected chi connectivity index (χ3v) is 2.86. The summed E-state index contributed by atoms with van der Waals surface area (Å²) in [5, 5.41) is 0. The van der Waals surface area contributed by atoms with Gasteiger partial charge in [-0.25, -0.2) is 0 Å². The van der Waals surface area contributed by atoms with Gasteiger partial charge in [0.05, 0.1) is 12.8 Å². The molecule has 0 radical (unpaired) electrons. The topological polar surface area (TPSA) is 16.4 Å². The minimum absolute atomic E-state index is 0.994. The van der Waals surface area contributed by atoms with Crippen molar-refractivity contribution in [2.45, 2.75) is 39.2 Å². The first-order valence-corrected chi connectivity index (χ1v) is 5.61. The fraction of sp³-hybridized carbons (Fsp3) is 0.667. The fourth-order valence-electron chi connectivity index (χ4n) is 2.09. The second-order valence-electron chi connectivity index (χ2n) is 4.28. The highest BCUT2D eigenvalue weighted by molar-refractivity contribution is 5.10. The molecule has 2 rings (SSSR count). The highest BCUT2D eigenvalue weighted by Gasteiger charge is 2.10. The summed E-state index contributed by atoms with van der Waals surface area (Å²) in [4.78, 5) is 2.51. The summed E-state index contributed by atoms with van der Waals surface area (Å²) in [5.41, 5.74) is 1.23. The maximum atomic E-state index is 5.47. The van der Waals surface area contributed by atoms with Gasteiger partial charge in [-0.1, -0.05) is 12.8 Å². The summed E-state index contributed by atoms with van der Waals surface area (Å²) in [6, 6.07) is 2.14. The molecular formula is C12H19NO. The van der Waals surface area contributed by atoms with Crippen LogP contribution < -0.4 is 0 Å². The van der Waals surface area contributed by atoms with Gasteiger partial charge in [0.15, 0.2) is 0 Å². The monoisotopic (exact) mass is 193 g/mol. The van der Waals surface area contributed by atoms with Crippen LogP contribution in [0.25, 0.3) is 0 Å². The number of rotatable bonds is 2. The number of nitrogens with zero attached hydrogens (tertiary/aromatic N) is 1. The zero-order valence-corrected chi connectivity index (χ0v) is 8.96. The maximum absolute atomic E-state index is 5.47. The van der Waals surface area contributed by atoms with E-state index < -0.39 is 0 Å². The highest BCUT2D eigenvalue weighted by Crippen LogP contribution is 2.14. The van der Waals surface area contributed by atoms with Gasteiger partial charge in [0.1, 0.15) is 5.76 Å². The van der Waals surface area contributed by atoms with Crippen molar-refractivity contribution in [1.29, 1.82) is 0 Å². The van der Waals surface area contributed by atoms with Crippen molar-refractivity contribution in [2.75, 3.05) is 13.1 Å². The third-order valence-electron chi connectivity index (χ3n) is 2.86. The number of furan rings is 1. The Balaban J connectivity index is 1.89. The lowest BCUT2D eigenvalue weighted by molar-refractivity contribution is 0.253. The minimum Gasteiger partial charge on any atom is -0.468 e. The first kappa shape index (κ1) is 9.78. The molecule has 0 N–H and O–H groups in total. The van der Waals surface area contributed by atoms with Crippen LogP contribution in [0.15, 0.2) is 16.7 Å². The largest absolute Gasteiger partial charge is 0.468 e. The van der Waals surface area contributed by atoms with Crippen LogP contribution in [0.4, 0.5) is 0 Å². The van der Waals surface area contributed by atoms with E-state index in [1.54, 1.807) is 0 Å². The third kappa shape index (κ3) is 2.61. The molecule has 14 heavy (non-hydrogen) atoms. The van der Waals surface area contributed by atoms with Crippen LogP contribution in [0, 0.1) is 6.92 Å². The summed E-state index contributed by atoms with van der Waals surface area (Å²) in [5.74, 6) is 1.12. The SMILES string of the molecule is Cc1coc(CN2CCCCCC2)c1. The summed E-state index contributed by atoms with van der Waals surface area (Å²) in [6.07, 6.45) is 7.33. The molecule has 0 amide bonds. The van der Waals surface area contributed by atoms with E-state index in [0.29, 0.717) is 0 Å². The molecule has 2 heterocycles. The van der Waals surface area contributed by atoms with E-state index in [1.807, 2.05) is 6.26 Å². The van der Waals surface area contributed by atoms with Gasteiger partial charge in [-0.05, 0) is 44.5 Å². The van der Waals surface area contributed by atoms with E-state index in [9.17, 15) is 0 Å². The summed E-state index contributed by atoms with van der Waals surface area (Å²) >= 11 is 0. The van der Waals surface area contributed by atoms with Gasteiger partial charge in [-0.2, -0.15) is 0 Å². The Bertz CT molecular complexity index is 272. The maximum Gasteiger partial charge on any atom is 0.118 e. The van der Waals surface area contributed by atoms with E-state index in [2.05, 4.69) is 17.9 Å². The second kappa shape index (κ2) is 4.65. The van der Waals surface area contributed by atoms with Crippen LogP contribution in [-0.2, 0) is 6.54 Å². The molecule has 0 unspecified atom stereocenters. The number of hydrogen-bond donors (Lipinski definition) is 0. The Hall–Kier alpha value is -0.760. The standard InChI is InChI=1S/C12H19NO/c1-11-8-12(14-10-11)9-13-6-4-2-3-5-7-13/h8,10H,2-7,9H2,1H3. The minimum atomic E-state index is 0.994. The molecule has 1 aliphatic heterocycles. The quantitative estimate of drug-likeness (QED) is 0.718. The number of hydrogen-bond acceptors (Lipinski definition) is 2. The van der Waals surface area contributed by atoms with Crippen LogP contribution in [-0.4, -0.2) is 18.0 Å². The number of likely N-dealkylation sites (tertiary alicyclic amines) is 1. The Morgan fingerprint density at radius 1 is 1.21 bits per heavy atom. The fourth-order valence-corrected chi connectivity index (χ4v) is 2.09. The molecule has 2 heteroatoms. The average molecular weight is 193 g/mol. The average Bonchev–Trinajstić information content (AvgIpc) is 2.43. The molecule has 1 aromatic rings.